The van der Waals surface area contributed by atoms with Crippen molar-refractivity contribution < 1.29 is 23.9 Å². The predicted molar refractivity (Wildman–Crippen MR) is 120 cm³/mol. The maximum atomic E-state index is 12.3. The molecule has 1 unspecified atom stereocenters. The van der Waals surface area contributed by atoms with E-state index in [1.165, 1.54) is 0 Å². The topological polar surface area (TPSA) is 93.7 Å². The van der Waals surface area contributed by atoms with E-state index in [2.05, 4.69) is 10.6 Å². The van der Waals surface area contributed by atoms with E-state index in [1.54, 1.807) is 36.0 Å². The Labute approximate surface area is 187 Å². The van der Waals surface area contributed by atoms with Crippen LogP contribution in [0.3, 0.4) is 0 Å². The van der Waals surface area contributed by atoms with Crippen molar-refractivity contribution in [3.8, 4) is 5.75 Å². The number of amides is 2. The Morgan fingerprint density at radius 2 is 1.74 bits per heavy atom. The molecule has 2 aliphatic rings. The molecule has 0 saturated heterocycles. The molecule has 8 heteroatoms. The van der Waals surface area contributed by atoms with E-state index in [0.29, 0.717) is 31.0 Å². The summed E-state index contributed by atoms with van der Waals surface area (Å²) in [5, 5.41) is 7.58. The average Bonchev–Trinajstić information content (AvgIpc) is 3.33. The Hall–Kier alpha value is -2.48. The van der Waals surface area contributed by atoms with Crippen LogP contribution in [-0.4, -0.2) is 49.3 Å². The quantitative estimate of drug-likeness (QED) is 0.448. The molecule has 1 heterocycles. The molecule has 2 amide bonds. The van der Waals surface area contributed by atoms with E-state index in [4.69, 9.17) is 9.47 Å². The molecular formula is C23H30N2O5S. The van der Waals surface area contributed by atoms with E-state index < -0.39 is 0 Å². The molecule has 2 N–H and O–H groups in total. The summed E-state index contributed by atoms with van der Waals surface area (Å²) in [5.74, 6) is 1.09. The molecule has 0 spiro atoms. The largest absolute Gasteiger partial charge is 0.490 e. The van der Waals surface area contributed by atoms with Crippen molar-refractivity contribution in [1.29, 1.82) is 0 Å². The van der Waals surface area contributed by atoms with Gasteiger partial charge in [-0.2, -0.15) is 0 Å². The van der Waals surface area contributed by atoms with Gasteiger partial charge in [-0.1, -0.05) is 6.08 Å². The average molecular weight is 447 g/mol. The second-order valence-electron chi connectivity index (χ2n) is 7.68. The number of carbonyl (C=O) groups excluding carboxylic acids is 3. The van der Waals surface area contributed by atoms with Crippen LogP contribution >= 0.6 is 11.8 Å². The van der Waals surface area contributed by atoms with Gasteiger partial charge in [-0.25, -0.2) is 0 Å². The SMILES string of the molecule is CCOC(=O)[C@H]1CC[C@@H](Oc2ccc(C(=O)NCCNC(=O)C3C=CSC3)cc2)CC1. The molecule has 1 fully saturated rings. The maximum Gasteiger partial charge on any atom is 0.308 e. The van der Waals surface area contributed by atoms with Crippen LogP contribution in [0.15, 0.2) is 35.7 Å². The van der Waals surface area contributed by atoms with Crippen molar-refractivity contribution in [2.24, 2.45) is 11.8 Å². The number of benzene rings is 1. The number of carbonyl (C=O) groups is 3. The minimum Gasteiger partial charge on any atom is -0.490 e. The number of ether oxygens (including phenoxy) is 2. The first-order chi connectivity index (χ1) is 15.1. The van der Waals surface area contributed by atoms with Crippen LogP contribution in [0.5, 0.6) is 5.75 Å². The molecule has 0 bridgehead atoms. The Bertz CT molecular complexity index is 788. The van der Waals surface area contributed by atoms with Crippen molar-refractivity contribution in [1.82, 2.24) is 10.6 Å². The molecule has 1 saturated carbocycles. The summed E-state index contributed by atoms with van der Waals surface area (Å²) in [6.45, 7) is 3.01. The Kier molecular flexibility index (Phi) is 8.82. The molecule has 1 aromatic carbocycles. The highest BCUT2D eigenvalue weighted by Crippen LogP contribution is 2.28. The first kappa shape index (κ1) is 23.2. The first-order valence-electron chi connectivity index (χ1n) is 10.8. The predicted octanol–water partition coefficient (Wildman–Crippen LogP) is 2.91. The van der Waals surface area contributed by atoms with Crippen molar-refractivity contribution in [3.63, 3.8) is 0 Å². The molecule has 31 heavy (non-hydrogen) atoms. The molecule has 0 aromatic heterocycles. The van der Waals surface area contributed by atoms with Crippen molar-refractivity contribution in [3.05, 3.63) is 41.3 Å². The summed E-state index contributed by atoms with van der Waals surface area (Å²) in [7, 11) is 0. The molecule has 1 atom stereocenters. The number of thioether (sulfide) groups is 1. The van der Waals surface area contributed by atoms with Crippen molar-refractivity contribution in [2.45, 2.75) is 38.7 Å². The van der Waals surface area contributed by atoms with Gasteiger partial charge in [-0.15, -0.1) is 11.8 Å². The highest BCUT2D eigenvalue weighted by Gasteiger charge is 2.28. The zero-order valence-electron chi connectivity index (χ0n) is 17.8. The van der Waals surface area contributed by atoms with Gasteiger partial charge in [-0.3, -0.25) is 14.4 Å². The monoisotopic (exact) mass is 446 g/mol. The van der Waals surface area contributed by atoms with Crippen LogP contribution in [0.25, 0.3) is 0 Å². The minimum absolute atomic E-state index is 0.00621. The van der Waals surface area contributed by atoms with Crippen LogP contribution in [0.2, 0.25) is 0 Å². The maximum absolute atomic E-state index is 12.3. The summed E-state index contributed by atoms with van der Waals surface area (Å²) in [6, 6.07) is 7.04. The molecule has 1 aromatic rings. The van der Waals surface area contributed by atoms with Gasteiger partial charge in [0.2, 0.25) is 5.91 Å². The molecule has 3 rings (SSSR count). The lowest BCUT2D eigenvalue weighted by atomic mass is 9.87. The van der Waals surface area contributed by atoms with Gasteiger partial charge in [0.05, 0.1) is 24.5 Å². The lowest BCUT2D eigenvalue weighted by molar-refractivity contribution is -0.149. The van der Waals surface area contributed by atoms with E-state index in [0.717, 1.165) is 31.4 Å². The standard InChI is InChI=1S/C23H30N2O5S/c1-2-29-23(28)17-5-9-20(10-6-17)30-19-7-3-16(4-8-19)21(26)24-12-13-25-22(27)18-11-14-31-15-18/h3-4,7-8,11,14,17-18,20H,2,5-6,9-10,12-13,15H2,1H3,(H,24,26)(H,25,27)/t17-,18?,20+. The number of hydrogen-bond donors (Lipinski definition) is 2. The first-order valence-corrected chi connectivity index (χ1v) is 11.9. The van der Waals surface area contributed by atoms with Gasteiger partial charge in [0.25, 0.3) is 5.91 Å². The fourth-order valence-electron chi connectivity index (χ4n) is 3.68. The molecule has 1 aliphatic heterocycles. The van der Waals surface area contributed by atoms with Crippen molar-refractivity contribution >= 4 is 29.5 Å². The fourth-order valence-corrected chi connectivity index (χ4v) is 4.56. The summed E-state index contributed by atoms with van der Waals surface area (Å²) in [5.41, 5.74) is 0.542. The normalized spacial score (nSPS) is 22.5. The molecule has 1 aliphatic carbocycles. The summed E-state index contributed by atoms with van der Waals surface area (Å²) in [4.78, 5) is 36.0. The highest BCUT2D eigenvalue weighted by atomic mass is 32.2. The Morgan fingerprint density at radius 1 is 1.03 bits per heavy atom. The van der Waals surface area contributed by atoms with E-state index in [1.807, 2.05) is 18.4 Å². The van der Waals surface area contributed by atoms with Crippen LogP contribution in [0.4, 0.5) is 0 Å². The third-order valence-electron chi connectivity index (χ3n) is 5.44. The van der Waals surface area contributed by atoms with Gasteiger partial charge >= 0.3 is 5.97 Å². The van der Waals surface area contributed by atoms with Gasteiger partial charge in [-0.05, 0) is 62.3 Å². The number of hydrogen-bond acceptors (Lipinski definition) is 6. The van der Waals surface area contributed by atoms with Gasteiger partial charge in [0, 0.05) is 24.4 Å². The Balaban J connectivity index is 1.35. The zero-order chi connectivity index (χ0) is 22.1. The zero-order valence-corrected chi connectivity index (χ0v) is 18.6. The Morgan fingerprint density at radius 3 is 2.39 bits per heavy atom. The fraction of sp³-hybridized carbons (Fsp3) is 0.522. The van der Waals surface area contributed by atoms with Crippen LogP contribution in [-0.2, 0) is 14.3 Å². The van der Waals surface area contributed by atoms with Crippen LogP contribution in [0.1, 0.15) is 43.0 Å². The number of esters is 1. The highest BCUT2D eigenvalue weighted by molar-refractivity contribution is 8.02. The van der Waals surface area contributed by atoms with Crippen molar-refractivity contribution in [2.75, 3.05) is 25.4 Å². The number of nitrogens with one attached hydrogen (secondary N) is 2. The lowest BCUT2D eigenvalue weighted by Gasteiger charge is -2.27. The van der Waals surface area contributed by atoms with Gasteiger partial charge in [0.15, 0.2) is 0 Å². The minimum atomic E-state index is -0.188. The van der Waals surface area contributed by atoms with Crippen LogP contribution < -0.4 is 15.4 Å². The summed E-state index contributed by atoms with van der Waals surface area (Å²) < 4.78 is 11.1. The number of rotatable bonds is 9. The smallest absolute Gasteiger partial charge is 0.308 e. The van der Waals surface area contributed by atoms with E-state index in [-0.39, 0.29) is 35.7 Å². The van der Waals surface area contributed by atoms with E-state index in [9.17, 15) is 14.4 Å². The molecule has 168 valence electrons. The van der Waals surface area contributed by atoms with Crippen LogP contribution in [0, 0.1) is 11.8 Å². The third-order valence-corrected chi connectivity index (χ3v) is 6.34. The molecule has 0 radical (unpaired) electrons. The van der Waals surface area contributed by atoms with Gasteiger partial charge in [0.1, 0.15) is 5.75 Å². The summed E-state index contributed by atoms with van der Waals surface area (Å²) in [6.07, 6.45) is 5.14. The second kappa shape index (κ2) is 11.8. The summed E-state index contributed by atoms with van der Waals surface area (Å²) >= 11 is 1.63. The van der Waals surface area contributed by atoms with E-state index >= 15 is 0 Å². The third kappa shape index (κ3) is 7.02. The lowest BCUT2D eigenvalue weighted by Crippen LogP contribution is -2.37. The van der Waals surface area contributed by atoms with Gasteiger partial charge < -0.3 is 20.1 Å². The molecule has 7 nitrogen and oxygen atoms in total. The second-order valence-corrected chi connectivity index (χ2v) is 8.62. The molecular weight excluding hydrogens is 416 g/mol.